The quantitative estimate of drug-likeness (QED) is 0.451. The SMILES string of the molecule is CCONc1ncnc2c1c([N+](=O)[O-])cn2[C@@H]1OC(CO)C(O)C1(C)OC. The van der Waals surface area contributed by atoms with Crippen LogP contribution in [0.2, 0.25) is 0 Å². The molecule has 2 aromatic heterocycles. The number of fused-ring (bicyclic) bond motifs is 1. The van der Waals surface area contributed by atoms with Gasteiger partial charge in [0.15, 0.2) is 17.7 Å². The molecule has 2 aromatic rings. The molecule has 0 spiro atoms. The Balaban J connectivity index is 2.19. The van der Waals surface area contributed by atoms with Crippen LogP contribution in [0.5, 0.6) is 0 Å². The first kappa shape index (κ1) is 19.4. The van der Waals surface area contributed by atoms with Gasteiger partial charge in [0, 0.05) is 7.11 Å². The summed E-state index contributed by atoms with van der Waals surface area (Å²) in [4.78, 5) is 24.3. The van der Waals surface area contributed by atoms with Crippen molar-refractivity contribution < 1.29 is 29.4 Å². The third kappa shape index (κ3) is 3.00. The number of aliphatic hydroxyl groups is 2. The first-order chi connectivity index (χ1) is 12.9. The molecule has 0 amide bonds. The molecule has 3 rings (SSSR count). The normalized spacial score (nSPS) is 28.0. The summed E-state index contributed by atoms with van der Waals surface area (Å²) >= 11 is 0. The number of aromatic nitrogens is 3. The summed E-state index contributed by atoms with van der Waals surface area (Å²) in [5.74, 6) is 0.128. The lowest BCUT2D eigenvalue weighted by Gasteiger charge is -2.31. The molecule has 0 aliphatic carbocycles. The van der Waals surface area contributed by atoms with Gasteiger partial charge in [0.2, 0.25) is 0 Å². The Morgan fingerprint density at radius 3 is 2.85 bits per heavy atom. The molecule has 1 fully saturated rings. The fraction of sp³-hybridized carbons (Fsp3) is 0.600. The van der Waals surface area contributed by atoms with E-state index in [9.17, 15) is 20.3 Å². The number of nitrogens with one attached hydrogen (secondary N) is 1. The molecule has 0 aromatic carbocycles. The van der Waals surface area contributed by atoms with Crippen LogP contribution in [0.1, 0.15) is 20.1 Å². The molecule has 1 aliphatic rings. The molecule has 0 radical (unpaired) electrons. The van der Waals surface area contributed by atoms with Crippen molar-refractivity contribution in [1.82, 2.24) is 14.5 Å². The second kappa shape index (κ2) is 7.32. The molecule has 3 unspecified atom stereocenters. The molecule has 3 N–H and O–H groups in total. The minimum Gasteiger partial charge on any atom is -0.394 e. The minimum absolute atomic E-state index is 0.125. The third-order valence-corrected chi connectivity index (χ3v) is 4.71. The van der Waals surface area contributed by atoms with Crippen molar-refractivity contribution in [3.05, 3.63) is 22.6 Å². The largest absolute Gasteiger partial charge is 0.394 e. The van der Waals surface area contributed by atoms with E-state index in [0.29, 0.717) is 6.61 Å². The molecular weight excluding hydrogens is 362 g/mol. The second-order valence-corrected chi connectivity index (χ2v) is 6.18. The number of rotatable bonds is 7. The van der Waals surface area contributed by atoms with Crippen LogP contribution in [0.3, 0.4) is 0 Å². The zero-order valence-electron chi connectivity index (χ0n) is 15.0. The van der Waals surface area contributed by atoms with E-state index in [1.165, 1.54) is 24.2 Å². The minimum atomic E-state index is -1.27. The summed E-state index contributed by atoms with van der Waals surface area (Å²) in [6.07, 6.45) is -0.578. The highest BCUT2D eigenvalue weighted by atomic mass is 16.6. The summed E-state index contributed by atoms with van der Waals surface area (Å²) in [6, 6.07) is 0. The van der Waals surface area contributed by atoms with Gasteiger partial charge in [-0.15, -0.1) is 0 Å². The van der Waals surface area contributed by atoms with E-state index in [0.717, 1.165) is 0 Å². The summed E-state index contributed by atoms with van der Waals surface area (Å²) < 4.78 is 12.6. The van der Waals surface area contributed by atoms with E-state index in [4.69, 9.17) is 14.3 Å². The molecule has 1 saturated heterocycles. The number of methoxy groups -OCH3 is 1. The average Bonchev–Trinajstić information content (AvgIpc) is 3.17. The second-order valence-electron chi connectivity index (χ2n) is 6.18. The molecule has 3 heterocycles. The molecule has 0 bridgehead atoms. The molecule has 148 valence electrons. The summed E-state index contributed by atoms with van der Waals surface area (Å²) in [5.41, 5.74) is 1.22. The maximum Gasteiger partial charge on any atom is 0.300 e. The van der Waals surface area contributed by atoms with Gasteiger partial charge in [0.25, 0.3) is 5.69 Å². The number of aliphatic hydroxyl groups excluding tert-OH is 2. The Labute approximate surface area is 153 Å². The Hall–Kier alpha value is -2.38. The predicted molar refractivity (Wildman–Crippen MR) is 91.8 cm³/mol. The van der Waals surface area contributed by atoms with Crippen LogP contribution in [-0.2, 0) is 14.3 Å². The zero-order chi connectivity index (χ0) is 19.8. The first-order valence-electron chi connectivity index (χ1n) is 8.26. The van der Waals surface area contributed by atoms with E-state index < -0.39 is 35.6 Å². The highest BCUT2D eigenvalue weighted by Gasteiger charge is 2.55. The summed E-state index contributed by atoms with van der Waals surface area (Å²) in [7, 11) is 1.39. The zero-order valence-corrected chi connectivity index (χ0v) is 15.0. The molecule has 1 aliphatic heterocycles. The van der Waals surface area contributed by atoms with E-state index in [1.807, 2.05) is 0 Å². The highest BCUT2D eigenvalue weighted by molar-refractivity contribution is 5.95. The highest BCUT2D eigenvalue weighted by Crippen LogP contribution is 2.44. The van der Waals surface area contributed by atoms with Crippen LogP contribution in [-0.4, -0.2) is 67.8 Å². The topological polar surface area (TPSA) is 154 Å². The van der Waals surface area contributed by atoms with Crippen LogP contribution >= 0.6 is 0 Å². The van der Waals surface area contributed by atoms with E-state index in [2.05, 4.69) is 15.4 Å². The maximum absolute atomic E-state index is 11.6. The predicted octanol–water partition coefficient (Wildman–Crippen LogP) is 0.359. The fourth-order valence-electron chi connectivity index (χ4n) is 3.20. The Bertz CT molecular complexity index is 843. The molecule has 12 nitrogen and oxygen atoms in total. The fourth-order valence-corrected chi connectivity index (χ4v) is 3.20. The first-order valence-corrected chi connectivity index (χ1v) is 8.26. The van der Waals surface area contributed by atoms with Crippen molar-refractivity contribution in [2.24, 2.45) is 0 Å². The average molecular weight is 383 g/mol. The van der Waals surface area contributed by atoms with Gasteiger partial charge in [-0.2, -0.15) is 0 Å². The molecule has 0 saturated carbocycles. The van der Waals surface area contributed by atoms with Crippen LogP contribution in [0, 0.1) is 10.1 Å². The van der Waals surface area contributed by atoms with Crippen molar-refractivity contribution in [3.63, 3.8) is 0 Å². The Kier molecular flexibility index (Phi) is 5.26. The Morgan fingerprint density at radius 1 is 1.52 bits per heavy atom. The van der Waals surface area contributed by atoms with Gasteiger partial charge in [0.05, 0.1) is 24.3 Å². The monoisotopic (exact) mass is 383 g/mol. The van der Waals surface area contributed by atoms with Crippen LogP contribution < -0.4 is 5.48 Å². The van der Waals surface area contributed by atoms with Crippen molar-refractivity contribution in [1.29, 1.82) is 0 Å². The molecule has 12 heteroatoms. The molecule has 27 heavy (non-hydrogen) atoms. The number of hydrogen-bond acceptors (Lipinski definition) is 10. The molecule has 4 atom stereocenters. The lowest BCUT2D eigenvalue weighted by molar-refractivity contribution is -0.383. The summed E-state index contributed by atoms with van der Waals surface area (Å²) in [5, 5.41) is 31.7. The third-order valence-electron chi connectivity index (χ3n) is 4.71. The number of ether oxygens (including phenoxy) is 2. The summed E-state index contributed by atoms with van der Waals surface area (Å²) in [6.45, 7) is 3.22. The lowest BCUT2D eigenvalue weighted by Crippen LogP contribution is -2.46. The van der Waals surface area contributed by atoms with Gasteiger partial charge in [-0.25, -0.2) is 15.4 Å². The van der Waals surface area contributed by atoms with Crippen LogP contribution in [0.15, 0.2) is 12.5 Å². The number of nitrogens with zero attached hydrogens (tertiary/aromatic N) is 4. The van der Waals surface area contributed by atoms with Crippen molar-refractivity contribution in [2.45, 2.75) is 37.9 Å². The number of nitro groups is 1. The van der Waals surface area contributed by atoms with E-state index in [1.54, 1.807) is 13.8 Å². The van der Waals surface area contributed by atoms with Gasteiger partial charge >= 0.3 is 0 Å². The van der Waals surface area contributed by atoms with E-state index >= 15 is 0 Å². The maximum atomic E-state index is 11.6. The Morgan fingerprint density at radius 2 is 2.26 bits per heavy atom. The number of hydrogen-bond donors (Lipinski definition) is 3. The lowest BCUT2D eigenvalue weighted by atomic mass is 9.96. The molecular formula is C15H21N5O7. The van der Waals surface area contributed by atoms with E-state index in [-0.39, 0.29) is 22.5 Å². The van der Waals surface area contributed by atoms with Gasteiger partial charge in [0.1, 0.15) is 29.5 Å². The van der Waals surface area contributed by atoms with Crippen LogP contribution in [0.25, 0.3) is 11.0 Å². The van der Waals surface area contributed by atoms with Crippen LogP contribution in [0.4, 0.5) is 11.5 Å². The van der Waals surface area contributed by atoms with Crippen molar-refractivity contribution >= 4 is 22.5 Å². The van der Waals surface area contributed by atoms with Gasteiger partial charge in [-0.1, -0.05) is 0 Å². The van der Waals surface area contributed by atoms with Gasteiger partial charge in [-0.3, -0.25) is 19.5 Å². The van der Waals surface area contributed by atoms with Crippen molar-refractivity contribution in [2.75, 3.05) is 25.8 Å². The van der Waals surface area contributed by atoms with Gasteiger partial charge in [-0.05, 0) is 13.8 Å². The smallest absolute Gasteiger partial charge is 0.300 e. The number of anilines is 1. The standard InChI is InChI=1S/C15H21N5O7/c1-4-26-18-12-10-8(20(23)24)5-19(13(10)17-7-16-12)14-15(2,25-3)11(22)9(6-21)27-14/h5,7,9,11,14,21-22H,4,6H2,1-3H3,(H,16,17,18)/t9?,11?,14-,15?/m1/s1. The van der Waals surface area contributed by atoms with Crippen molar-refractivity contribution in [3.8, 4) is 0 Å². The van der Waals surface area contributed by atoms with Gasteiger partial charge < -0.3 is 19.7 Å².